The Morgan fingerprint density at radius 1 is 1.30 bits per heavy atom. The van der Waals surface area contributed by atoms with Gasteiger partial charge in [0.1, 0.15) is 5.56 Å². The van der Waals surface area contributed by atoms with Crippen molar-refractivity contribution in [1.29, 1.82) is 0 Å². The maximum atomic E-state index is 11.1. The summed E-state index contributed by atoms with van der Waals surface area (Å²) < 4.78 is 6.74. The maximum Gasteiger partial charge on any atom is 0.518 e. The van der Waals surface area contributed by atoms with Crippen LogP contribution in [0.1, 0.15) is 22.4 Å². The van der Waals surface area contributed by atoms with Crippen molar-refractivity contribution in [1.82, 2.24) is 4.57 Å². The molecule has 0 amide bonds. The third kappa shape index (κ3) is 3.38. The Balaban J connectivity index is 2.13. The van der Waals surface area contributed by atoms with Crippen LogP contribution in [-0.2, 0) is 18.2 Å². The molecule has 0 atom stereocenters. The van der Waals surface area contributed by atoms with Crippen molar-refractivity contribution in [2.24, 2.45) is 7.05 Å². The van der Waals surface area contributed by atoms with Gasteiger partial charge in [0.05, 0.1) is 15.5 Å². The van der Waals surface area contributed by atoms with Crippen molar-refractivity contribution in [2.45, 2.75) is 13.3 Å². The molecule has 8 heteroatoms. The van der Waals surface area contributed by atoms with Gasteiger partial charge in [-0.3, -0.25) is 10.1 Å². The van der Waals surface area contributed by atoms with Crippen LogP contribution >= 0.6 is 23.2 Å². The van der Waals surface area contributed by atoms with Crippen LogP contribution < -0.4 is 0 Å². The molecule has 0 aliphatic rings. The average molecular weight is 408 g/mol. The fourth-order valence-corrected chi connectivity index (χ4v) is 3.72. The van der Waals surface area contributed by atoms with E-state index in [1.165, 1.54) is 7.11 Å². The largest absolute Gasteiger partial charge is 0.518 e. The highest BCUT2D eigenvalue weighted by atomic mass is 35.5. The van der Waals surface area contributed by atoms with Gasteiger partial charge in [-0.1, -0.05) is 23.2 Å². The maximum absolute atomic E-state index is 11.1. The first-order valence-corrected chi connectivity index (χ1v) is 8.80. The zero-order valence-corrected chi connectivity index (χ0v) is 16.4. The standard InChI is InChI=1S/C19H16Cl2N2O4/c1-10-6-12(23(25)26)9-17-14(10)7-11(22(17)2)8-15-16(20)5-4-13(18(15)21)19(24)27-3/h4-7,9H,8H2,1-3H3/p+1. The summed E-state index contributed by atoms with van der Waals surface area (Å²) in [6.45, 7) is 1.84. The van der Waals surface area contributed by atoms with Crippen LogP contribution in [0, 0.1) is 17.0 Å². The number of ether oxygens (including phenoxy) is 1. The molecule has 0 bridgehead atoms. The minimum absolute atomic E-state index is 0.0467. The van der Waals surface area contributed by atoms with Crippen molar-refractivity contribution in [2.75, 3.05) is 7.11 Å². The Hall–Kier alpha value is -2.57. The molecule has 6 nitrogen and oxygen atoms in total. The van der Waals surface area contributed by atoms with Gasteiger partial charge in [-0.15, -0.1) is 0 Å². The number of hydrogen-bond acceptors (Lipinski definition) is 3. The number of esters is 1. The highest BCUT2D eigenvalue weighted by Gasteiger charge is 2.23. The first-order chi connectivity index (χ1) is 12.7. The molecule has 0 saturated carbocycles. The molecule has 0 aliphatic heterocycles. The van der Waals surface area contributed by atoms with Gasteiger partial charge in [-0.05, 0) is 36.2 Å². The molecule has 3 rings (SSSR count). The monoisotopic (exact) mass is 407 g/mol. The van der Waals surface area contributed by atoms with E-state index >= 15 is 0 Å². The van der Waals surface area contributed by atoms with E-state index in [-0.39, 0.29) is 11.7 Å². The van der Waals surface area contributed by atoms with Gasteiger partial charge in [-0.25, -0.2) is 0 Å². The summed E-state index contributed by atoms with van der Waals surface area (Å²) in [5.41, 5.74) is 3.49. The van der Waals surface area contributed by atoms with E-state index in [0.717, 1.165) is 22.2 Å². The lowest BCUT2D eigenvalue weighted by Crippen LogP contribution is -2.07. The number of methoxy groups -OCH3 is 1. The van der Waals surface area contributed by atoms with E-state index < -0.39 is 4.92 Å². The van der Waals surface area contributed by atoms with Crippen LogP contribution in [0.25, 0.3) is 10.9 Å². The van der Waals surface area contributed by atoms with Gasteiger partial charge < -0.3 is 14.1 Å². The highest BCUT2D eigenvalue weighted by molar-refractivity contribution is 6.38. The molecule has 0 unspecified atom stereocenters. The summed E-state index contributed by atoms with van der Waals surface area (Å²) in [7, 11) is 3.19. The number of nitro benzene ring substituents is 1. The normalized spacial score (nSPS) is 11.0. The van der Waals surface area contributed by atoms with Crippen molar-refractivity contribution in [3.63, 3.8) is 0 Å². The van der Waals surface area contributed by atoms with Crippen LogP contribution in [0.2, 0.25) is 10.0 Å². The molecule has 0 aliphatic carbocycles. The van der Waals surface area contributed by atoms with Crippen LogP contribution in [0.3, 0.4) is 0 Å². The molecule has 1 aromatic heterocycles. The second kappa shape index (κ2) is 7.21. The van der Waals surface area contributed by atoms with Gasteiger partial charge >= 0.3 is 5.97 Å². The van der Waals surface area contributed by atoms with Gasteiger partial charge in [0.2, 0.25) is 0 Å². The lowest BCUT2D eigenvalue weighted by Gasteiger charge is -2.10. The second-order valence-electron chi connectivity index (χ2n) is 6.22. The Labute approximate surface area is 165 Å². The molecule has 0 radical (unpaired) electrons. The Morgan fingerprint density at radius 3 is 2.63 bits per heavy atom. The van der Waals surface area contributed by atoms with E-state index in [9.17, 15) is 14.9 Å². The Kier molecular flexibility index (Phi) is 5.13. The topological polar surface area (TPSA) is 78.7 Å². The molecule has 1 N–H and O–H groups in total. The summed E-state index contributed by atoms with van der Waals surface area (Å²) >= 11 is 12.8. The third-order valence-corrected chi connectivity index (χ3v) is 5.42. The van der Waals surface area contributed by atoms with Crippen molar-refractivity contribution in [3.05, 3.63) is 72.9 Å². The predicted molar refractivity (Wildman–Crippen MR) is 107 cm³/mol. The number of hydrogen-bond donors (Lipinski definition) is 0. The fraction of sp³-hybridized carbons (Fsp3) is 0.211. The van der Waals surface area contributed by atoms with Crippen LogP contribution in [0.5, 0.6) is 0 Å². The van der Waals surface area contributed by atoms with Gasteiger partial charge in [-0.2, -0.15) is 0 Å². The zero-order valence-electron chi connectivity index (χ0n) is 14.9. The summed E-state index contributed by atoms with van der Waals surface area (Å²) in [6, 6.07) is 8.30. The number of rotatable bonds is 4. The molecule has 0 fully saturated rings. The summed E-state index contributed by atoms with van der Waals surface area (Å²) in [6.07, 6.45) is 0.390. The Morgan fingerprint density at radius 2 is 2.00 bits per heavy atom. The van der Waals surface area contributed by atoms with E-state index in [1.807, 2.05) is 24.6 Å². The molecule has 2 aromatic carbocycles. The quantitative estimate of drug-likeness (QED) is 0.270. The fourth-order valence-electron chi connectivity index (χ4n) is 3.14. The first kappa shape index (κ1) is 19.2. The molecular weight excluding hydrogens is 391 g/mol. The van der Waals surface area contributed by atoms with E-state index in [2.05, 4.69) is 0 Å². The second-order valence-corrected chi connectivity index (χ2v) is 7.01. The number of aromatic nitrogens is 1. The molecule has 0 saturated heterocycles. The molecule has 140 valence electrons. The average Bonchev–Trinajstić information content (AvgIpc) is 2.94. The number of carbonyl (C=O) groups excluding carboxylic acids is 1. The lowest BCUT2D eigenvalue weighted by atomic mass is 10.0. The summed E-state index contributed by atoms with van der Waals surface area (Å²) in [5.74, 6) is -0.290. The van der Waals surface area contributed by atoms with E-state index in [0.29, 0.717) is 27.6 Å². The number of non-ortho nitro benzene ring substituents is 1. The molecule has 3 aromatic rings. The smallest absolute Gasteiger partial charge is 0.347 e. The minimum Gasteiger partial charge on any atom is -0.347 e. The van der Waals surface area contributed by atoms with E-state index in [1.54, 1.807) is 24.3 Å². The number of halogens is 2. The first-order valence-electron chi connectivity index (χ1n) is 8.05. The summed E-state index contributed by atoms with van der Waals surface area (Å²) in [5, 5.41) is 12.8. The van der Waals surface area contributed by atoms with Gasteiger partial charge in [0.15, 0.2) is 7.11 Å². The van der Waals surface area contributed by atoms with Crippen molar-refractivity contribution < 1.29 is 14.5 Å². The van der Waals surface area contributed by atoms with Crippen LogP contribution in [0.4, 0.5) is 5.69 Å². The molecule has 1 heterocycles. The molecule has 0 spiro atoms. The van der Waals surface area contributed by atoms with Crippen LogP contribution in [-0.4, -0.2) is 27.4 Å². The predicted octanol–water partition coefficient (Wildman–Crippen LogP) is 4.79. The zero-order chi connectivity index (χ0) is 19.9. The number of benzene rings is 2. The number of nitrogens with zero attached hydrogens (tertiary/aromatic N) is 2. The highest BCUT2D eigenvalue weighted by Crippen LogP contribution is 2.33. The minimum atomic E-state index is -0.403. The van der Waals surface area contributed by atoms with E-state index in [4.69, 9.17) is 27.9 Å². The third-order valence-electron chi connectivity index (χ3n) is 4.63. The van der Waals surface area contributed by atoms with Gasteiger partial charge in [0.25, 0.3) is 5.69 Å². The summed E-state index contributed by atoms with van der Waals surface area (Å²) in [4.78, 5) is 20.6. The number of fused-ring (bicyclic) bond motifs is 1. The van der Waals surface area contributed by atoms with Gasteiger partial charge in [0, 0.05) is 41.7 Å². The lowest BCUT2D eigenvalue weighted by molar-refractivity contribution is -0.384. The molecular formula is C19H17Cl2N2O4+. The van der Waals surface area contributed by atoms with Crippen molar-refractivity contribution >= 4 is 45.8 Å². The molecule has 27 heavy (non-hydrogen) atoms. The number of nitro groups is 1. The van der Waals surface area contributed by atoms with Crippen molar-refractivity contribution in [3.8, 4) is 0 Å². The SMILES string of the molecule is COC(=[OH+])c1ccc(Cl)c(Cc2cc3c(C)cc([N+](=O)[O-])cc3n2C)c1Cl. The number of aryl methyl sites for hydroxylation is 2. The van der Waals surface area contributed by atoms with Crippen LogP contribution in [0.15, 0.2) is 30.3 Å². The Bertz CT molecular complexity index is 1090.